The molecule has 1 saturated heterocycles. The van der Waals surface area contributed by atoms with E-state index in [-0.39, 0.29) is 29.3 Å². The van der Waals surface area contributed by atoms with Crippen LogP contribution in [0.15, 0.2) is 41.1 Å². The largest absolute Gasteiger partial charge is 0.399 e. The van der Waals surface area contributed by atoms with Gasteiger partial charge in [0.15, 0.2) is 5.41 Å². The molecule has 3 aliphatic rings. The average molecular weight is 410 g/mol. The summed E-state index contributed by atoms with van der Waals surface area (Å²) in [6, 6.07) is 12.0. The summed E-state index contributed by atoms with van der Waals surface area (Å²) in [7, 11) is 2.05. The van der Waals surface area contributed by atoms with E-state index < -0.39 is 11.3 Å². The fourth-order valence-corrected chi connectivity index (χ4v) is 5.47. The summed E-state index contributed by atoms with van der Waals surface area (Å²) in [5.41, 5.74) is 6.57. The molecule has 0 amide bonds. The Kier molecular flexibility index (Phi) is 4.40. The zero-order valence-corrected chi connectivity index (χ0v) is 16.7. The highest BCUT2D eigenvalue weighted by Gasteiger charge is 2.58. The molecule has 1 aromatic carbocycles. The van der Waals surface area contributed by atoms with E-state index in [1.165, 1.54) is 0 Å². The van der Waals surface area contributed by atoms with Crippen LogP contribution < -0.4 is 5.73 Å². The number of allylic oxidation sites excluding steroid dienone is 2. The van der Waals surface area contributed by atoms with Crippen molar-refractivity contribution in [3.05, 3.63) is 56.7 Å². The molecule has 0 radical (unpaired) electrons. The lowest BCUT2D eigenvalue weighted by Crippen LogP contribution is -2.51. The first-order valence-electron chi connectivity index (χ1n) is 9.01. The summed E-state index contributed by atoms with van der Waals surface area (Å²) in [4.78, 5) is 2.27. The number of benzene rings is 1. The Morgan fingerprint density at radius 2 is 1.86 bits per heavy atom. The van der Waals surface area contributed by atoms with E-state index in [0.717, 1.165) is 24.0 Å². The number of nitrogens with zero attached hydrogens (tertiary/aromatic N) is 4. The predicted octanol–water partition coefficient (Wildman–Crippen LogP) is 3.88. The van der Waals surface area contributed by atoms with Crippen LogP contribution in [0, 0.1) is 45.3 Å². The number of nitrogens with two attached hydrogens (primary N) is 1. The van der Waals surface area contributed by atoms with Crippen LogP contribution in [0.3, 0.4) is 0 Å². The van der Waals surface area contributed by atoms with Gasteiger partial charge in [0.25, 0.3) is 0 Å². The van der Waals surface area contributed by atoms with Crippen molar-refractivity contribution in [3.63, 3.8) is 0 Å². The van der Waals surface area contributed by atoms with Gasteiger partial charge in [-0.05, 0) is 43.2 Å². The topological polar surface area (TPSA) is 101 Å². The highest BCUT2D eigenvalue weighted by atomic mass is 35.5. The molecule has 7 heteroatoms. The van der Waals surface area contributed by atoms with Crippen molar-refractivity contribution in [1.82, 2.24) is 4.90 Å². The molecule has 2 heterocycles. The maximum Gasteiger partial charge on any atom is 0.191 e. The number of halogens is 2. The Bertz CT molecular complexity index is 1040. The fourth-order valence-electron chi connectivity index (χ4n) is 5.17. The quantitative estimate of drug-likeness (QED) is 0.757. The molecule has 2 N–H and O–H groups in total. The molecular formula is C21H17Cl2N5. The van der Waals surface area contributed by atoms with E-state index in [4.69, 9.17) is 28.9 Å². The number of fused-ring (bicyclic) bond motifs is 4. The van der Waals surface area contributed by atoms with Crippen LogP contribution >= 0.6 is 23.2 Å². The molecule has 5 nitrogen and oxygen atoms in total. The van der Waals surface area contributed by atoms with Gasteiger partial charge >= 0.3 is 0 Å². The van der Waals surface area contributed by atoms with Gasteiger partial charge in [-0.2, -0.15) is 15.8 Å². The van der Waals surface area contributed by atoms with E-state index in [1.54, 1.807) is 18.2 Å². The monoisotopic (exact) mass is 409 g/mol. The normalized spacial score (nSPS) is 30.6. The van der Waals surface area contributed by atoms with Gasteiger partial charge in [0.1, 0.15) is 6.07 Å². The summed E-state index contributed by atoms with van der Waals surface area (Å²) in [5.74, 6) is -0.755. The van der Waals surface area contributed by atoms with Gasteiger partial charge in [-0.3, -0.25) is 4.90 Å². The van der Waals surface area contributed by atoms with E-state index in [2.05, 4.69) is 36.2 Å². The average Bonchev–Trinajstić information content (AvgIpc) is 2.93. The molecule has 0 spiro atoms. The molecule has 2 bridgehead atoms. The number of hydrogen-bond acceptors (Lipinski definition) is 5. The molecule has 0 saturated carbocycles. The molecule has 0 aromatic heterocycles. The second-order valence-corrected chi connectivity index (χ2v) is 8.42. The van der Waals surface area contributed by atoms with Crippen LogP contribution in [0.4, 0.5) is 0 Å². The van der Waals surface area contributed by atoms with Crippen LogP contribution in [0.25, 0.3) is 0 Å². The Morgan fingerprint density at radius 3 is 2.46 bits per heavy atom. The second kappa shape index (κ2) is 6.54. The minimum absolute atomic E-state index is 0.0301. The van der Waals surface area contributed by atoms with Crippen molar-refractivity contribution in [3.8, 4) is 18.2 Å². The van der Waals surface area contributed by atoms with Crippen LogP contribution in [0.1, 0.15) is 24.3 Å². The van der Waals surface area contributed by atoms with Gasteiger partial charge in [0.05, 0.1) is 33.5 Å². The first-order chi connectivity index (χ1) is 13.4. The van der Waals surface area contributed by atoms with E-state index in [0.29, 0.717) is 10.0 Å². The number of hydrogen-bond donors (Lipinski definition) is 1. The fraction of sp³-hybridized carbons (Fsp3) is 0.381. The van der Waals surface area contributed by atoms with Crippen LogP contribution in [0.5, 0.6) is 0 Å². The van der Waals surface area contributed by atoms with Gasteiger partial charge in [-0.25, -0.2) is 0 Å². The van der Waals surface area contributed by atoms with Crippen molar-refractivity contribution in [2.24, 2.45) is 17.1 Å². The summed E-state index contributed by atoms with van der Waals surface area (Å²) in [5, 5.41) is 30.8. The third-order valence-electron chi connectivity index (χ3n) is 6.53. The van der Waals surface area contributed by atoms with Gasteiger partial charge < -0.3 is 5.73 Å². The van der Waals surface area contributed by atoms with E-state index in [1.807, 2.05) is 0 Å². The molecule has 4 atom stereocenters. The third kappa shape index (κ3) is 2.33. The minimum Gasteiger partial charge on any atom is -0.399 e. The van der Waals surface area contributed by atoms with Crippen LogP contribution in [0.2, 0.25) is 10.0 Å². The zero-order chi connectivity index (χ0) is 20.2. The van der Waals surface area contributed by atoms with Crippen molar-refractivity contribution in [1.29, 1.82) is 15.8 Å². The lowest BCUT2D eigenvalue weighted by molar-refractivity contribution is 0.160. The van der Waals surface area contributed by atoms with Crippen molar-refractivity contribution < 1.29 is 0 Å². The SMILES string of the molecule is CN1[C@@H]2C=C3C(C#N)=C(N)C(C#N)(C#N)[C@H](c4ccc(Cl)c(Cl)c4)[C@H]3[C@@H]1CC2. The zero-order valence-electron chi connectivity index (χ0n) is 15.2. The summed E-state index contributed by atoms with van der Waals surface area (Å²) >= 11 is 12.4. The number of likely N-dealkylation sites (N-methyl/N-ethyl adjacent to an activating group) is 1. The van der Waals surface area contributed by atoms with E-state index in [9.17, 15) is 15.8 Å². The Morgan fingerprint density at radius 1 is 1.14 bits per heavy atom. The molecule has 1 fully saturated rings. The Labute approximate surface area is 173 Å². The number of nitriles is 3. The lowest BCUT2D eigenvalue weighted by Gasteiger charge is -2.48. The maximum atomic E-state index is 10.1. The summed E-state index contributed by atoms with van der Waals surface area (Å²) in [6.45, 7) is 0. The minimum atomic E-state index is -1.65. The molecule has 2 aliphatic heterocycles. The third-order valence-corrected chi connectivity index (χ3v) is 7.26. The van der Waals surface area contributed by atoms with Gasteiger partial charge in [-0.15, -0.1) is 0 Å². The van der Waals surface area contributed by atoms with Crippen molar-refractivity contribution in [2.75, 3.05) is 7.05 Å². The summed E-state index contributed by atoms with van der Waals surface area (Å²) < 4.78 is 0. The molecule has 140 valence electrons. The Balaban J connectivity index is 2.05. The highest BCUT2D eigenvalue weighted by Crippen LogP contribution is 2.58. The predicted molar refractivity (Wildman–Crippen MR) is 106 cm³/mol. The first-order valence-corrected chi connectivity index (χ1v) is 9.77. The van der Waals surface area contributed by atoms with Crippen molar-refractivity contribution >= 4 is 23.2 Å². The van der Waals surface area contributed by atoms with Crippen LogP contribution in [-0.4, -0.2) is 24.0 Å². The molecule has 1 aromatic rings. The second-order valence-electron chi connectivity index (χ2n) is 7.61. The summed E-state index contributed by atoms with van der Waals surface area (Å²) in [6.07, 6.45) is 3.98. The lowest BCUT2D eigenvalue weighted by atomic mass is 9.56. The molecule has 28 heavy (non-hydrogen) atoms. The van der Waals surface area contributed by atoms with E-state index >= 15 is 0 Å². The Hall–Kier alpha value is -2.49. The van der Waals surface area contributed by atoms with Crippen LogP contribution in [-0.2, 0) is 0 Å². The molecule has 0 unspecified atom stereocenters. The highest BCUT2D eigenvalue weighted by molar-refractivity contribution is 6.42. The van der Waals surface area contributed by atoms with Crippen molar-refractivity contribution in [2.45, 2.75) is 30.8 Å². The number of rotatable bonds is 1. The van der Waals surface area contributed by atoms with Gasteiger partial charge in [-0.1, -0.05) is 35.3 Å². The van der Waals surface area contributed by atoms with Gasteiger partial charge in [0, 0.05) is 23.9 Å². The molecule has 4 rings (SSSR count). The first kappa shape index (κ1) is 18.9. The van der Waals surface area contributed by atoms with Gasteiger partial charge in [0.2, 0.25) is 0 Å². The molecule has 1 aliphatic carbocycles. The standard InChI is InChI=1S/C21H17Cl2N5/c1-28-12-3-5-17(28)18-13(7-12)14(8-24)20(27)21(9-25,10-26)19(18)11-2-4-15(22)16(23)6-11/h2,4,6-7,12,17-19H,3,5,27H2,1H3/t12-,17-,18+,19+/m0/s1. The smallest absolute Gasteiger partial charge is 0.191 e. The molecular weight excluding hydrogens is 393 g/mol. The maximum absolute atomic E-state index is 10.1.